The second-order valence-electron chi connectivity index (χ2n) is 6.81. The zero-order valence-corrected chi connectivity index (χ0v) is 15.9. The third kappa shape index (κ3) is 2.47. The van der Waals surface area contributed by atoms with Gasteiger partial charge < -0.3 is 16.0 Å². The first-order chi connectivity index (χ1) is 14.0. The highest BCUT2D eigenvalue weighted by Gasteiger charge is 2.59. The molecule has 5 rings (SSSR count). The molecule has 0 radical (unpaired) electrons. The Labute approximate surface area is 170 Å². The molecule has 0 unspecified atom stereocenters. The quantitative estimate of drug-likeness (QED) is 0.664. The fourth-order valence-electron chi connectivity index (χ4n) is 3.92. The van der Waals surface area contributed by atoms with E-state index in [1.807, 2.05) is 18.2 Å². The fraction of sp³-hybridized carbons (Fsp3) is 0.150. The smallest absolute Gasteiger partial charge is 0.277 e. The van der Waals surface area contributed by atoms with Gasteiger partial charge in [0.05, 0.1) is 0 Å². The fourth-order valence-corrected chi connectivity index (χ4v) is 4.52. The second kappa shape index (κ2) is 6.35. The number of rotatable bonds is 2. The first kappa shape index (κ1) is 17.7. The van der Waals surface area contributed by atoms with E-state index < -0.39 is 23.4 Å². The number of benzene rings is 2. The number of hydrogen-bond acceptors (Lipinski definition) is 6. The van der Waals surface area contributed by atoms with Crippen molar-refractivity contribution in [2.45, 2.75) is 11.7 Å². The average Bonchev–Trinajstić information content (AvgIpc) is 2.98. The number of carbonyl (C=O) groups is 2. The molecule has 146 valence electrons. The Balaban J connectivity index is 1.76. The average molecular weight is 409 g/mol. The van der Waals surface area contributed by atoms with Crippen LogP contribution in [0.2, 0.25) is 0 Å². The largest absolute Gasteiger partial charge is 0.350 e. The third-order valence-electron chi connectivity index (χ3n) is 5.12. The molecule has 7 nitrogen and oxygen atoms in total. The van der Waals surface area contributed by atoms with Crippen molar-refractivity contribution >= 4 is 40.1 Å². The highest BCUT2D eigenvalue weighted by atomic mass is 32.2. The normalized spacial score (nSPS) is 24.0. The molecule has 3 aliphatic rings. The van der Waals surface area contributed by atoms with Crippen LogP contribution in [0.25, 0.3) is 0 Å². The maximum atomic E-state index is 14.2. The predicted molar refractivity (Wildman–Crippen MR) is 110 cm³/mol. The minimum atomic E-state index is -1.55. The molecule has 0 saturated carbocycles. The number of thioether (sulfide) groups is 1. The summed E-state index contributed by atoms with van der Waals surface area (Å²) >= 11 is 1.29. The maximum absolute atomic E-state index is 14.2. The number of nitrogens with zero attached hydrogens (tertiary/aromatic N) is 2. The van der Waals surface area contributed by atoms with E-state index >= 15 is 0 Å². The van der Waals surface area contributed by atoms with E-state index in [1.165, 1.54) is 35.0 Å². The van der Waals surface area contributed by atoms with Crippen LogP contribution in [0.3, 0.4) is 0 Å². The predicted octanol–water partition coefficient (Wildman–Crippen LogP) is 2.72. The van der Waals surface area contributed by atoms with Crippen LogP contribution in [-0.4, -0.2) is 27.7 Å². The number of anilines is 2. The van der Waals surface area contributed by atoms with Crippen LogP contribution in [0.5, 0.6) is 0 Å². The monoisotopic (exact) mass is 409 g/mol. The van der Waals surface area contributed by atoms with Crippen LogP contribution in [0, 0.1) is 5.82 Å². The molecule has 9 heteroatoms. The molecule has 0 aliphatic carbocycles. The van der Waals surface area contributed by atoms with Crippen molar-refractivity contribution in [1.82, 2.24) is 10.3 Å². The van der Waals surface area contributed by atoms with Gasteiger partial charge in [-0.05, 0) is 24.3 Å². The van der Waals surface area contributed by atoms with E-state index in [4.69, 9.17) is 0 Å². The molecule has 0 saturated heterocycles. The molecule has 1 spiro atoms. The van der Waals surface area contributed by atoms with Gasteiger partial charge in [0.1, 0.15) is 5.82 Å². The molecule has 0 bridgehead atoms. The highest BCUT2D eigenvalue weighted by molar-refractivity contribution is 8.14. The van der Waals surface area contributed by atoms with E-state index in [0.717, 1.165) is 0 Å². The molecule has 0 fully saturated rings. The molecule has 2 amide bonds. The lowest BCUT2D eigenvalue weighted by molar-refractivity contribution is -0.136. The van der Waals surface area contributed by atoms with Crippen molar-refractivity contribution < 1.29 is 14.0 Å². The number of amides is 2. The summed E-state index contributed by atoms with van der Waals surface area (Å²) in [7, 11) is 0. The van der Waals surface area contributed by atoms with Gasteiger partial charge in [-0.3, -0.25) is 9.59 Å². The summed E-state index contributed by atoms with van der Waals surface area (Å²) in [5, 5.41) is 15.2. The van der Waals surface area contributed by atoms with Gasteiger partial charge in [0.2, 0.25) is 5.66 Å². The number of halogens is 1. The van der Waals surface area contributed by atoms with Crippen molar-refractivity contribution in [3.05, 3.63) is 72.1 Å². The summed E-state index contributed by atoms with van der Waals surface area (Å²) in [6.07, 6.45) is 1.69. The van der Waals surface area contributed by atoms with Gasteiger partial charge >= 0.3 is 0 Å². The SMILES string of the molecule is C=CCSC1=NN2[C@H](C(=O)N1)c1ccccc1N[C@@]21C(=O)Nc2ccc(F)cc21. The Bertz CT molecular complexity index is 1100. The molecule has 2 aromatic carbocycles. The van der Waals surface area contributed by atoms with Gasteiger partial charge in [-0.25, -0.2) is 9.40 Å². The van der Waals surface area contributed by atoms with Crippen LogP contribution in [-0.2, 0) is 15.3 Å². The summed E-state index contributed by atoms with van der Waals surface area (Å²) in [5.41, 5.74) is 0.615. The number of nitrogens with one attached hydrogen (secondary N) is 3. The summed E-state index contributed by atoms with van der Waals surface area (Å²) in [6.45, 7) is 3.68. The number of carbonyl (C=O) groups excluding carboxylic acids is 2. The minimum Gasteiger partial charge on any atom is -0.350 e. The molecule has 3 heterocycles. The van der Waals surface area contributed by atoms with Crippen LogP contribution >= 0.6 is 11.8 Å². The molecule has 2 atom stereocenters. The Morgan fingerprint density at radius 1 is 1.21 bits per heavy atom. The van der Waals surface area contributed by atoms with E-state index in [0.29, 0.717) is 33.4 Å². The second-order valence-corrected chi connectivity index (χ2v) is 7.82. The lowest BCUT2D eigenvalue weighted by Gasteiger charge is -2.48. The number of hydrazone groups is 1. The summed E-state index contributed by atoms with van der Waals surface area (Å²) in [5.74, 6) is -0.684. The Morgan fingerprint density at radius 2 is 2.03 bits per heavy atom. The summed E-state index contributed by atoms with van der Waals surface area (Å²) in [6, 6.07) is 10.5. The Morgan fingerprint density at radius 3 is 2.86 bits per heavy atom. The number of fused-ring (bicyclic) bond motifs is 6. The van der Waals surface area contributed by atoms with Crippen LogP contribution in [0.15, 0.2) is 60.2 Å². The van der Waals surface area contributed by atoms with E-state index in [1.54, 1.807) is 12.1 Å². The molecule has 2 aromatic rings. The van der Waals surface area contributed by atoms with Gasteiger partial charge in [-0.2, -0.15) is 0 Å². The van der Waals surface area contributed by atoms with E-state index in [-0.39, 0.29) is 5.91 Å². The summed E-state index contributed by atoms with van der Waals surface area (Å²) < 4.78 is 14.2. The first-order valence-electron chi connectivity index (χ1n) is 8.95. The van der Waals surface area contributed by atoms with Gasteiger partial charge in [0.25, 0.3) is 11.8 Å². The van der Waals surface area contributed by atoms with Crippen LogP contribution < -0.4 is 16.0 Å². The molecule has 3 aliphatic heterocycles. The molecule has 0 aromatic heterocycles. The van der Waals surface area contributed by atoms with Gasteiger partial charge in [-0.1, -0.05) is 36.0 Å². The number of para-hydroxylation sites is 1. The Kier molecular flexibility index (Phi) is 3.88. The number of hydrogen-bond donors (Lipinski definition) is 3. The zero-order valence-electron chi connectivity index (χ0n) is 15.1. The van der Waals surface area contributed by atoms with Crippen LogP contribution in [0.4, 0.5) is 15.8 Å². The van der Waals surface area contributed by atoms with Gasteiger partial charge in [-0.15, -0.1) is 11.7 Å². The van der Waals surface area contributed by atoms with E-state index in [9.17, 15) is 14.0 Å². The van der Waals surface area contributed by atoms with Crippen molar-refractivity contribution in [3.8, 4) is 0 Å². The first-order valence-corrected chi connectivity index (χ1v) is 9.94. The number of amidine groups is 1. The van der Waals surface area contributed by atoms with Gasteiger partial charge in [0.15, 0.2) is 11.2 Å². The molecule has 29 heavy (non-hydrogen) atoms. The summed E-state index contributed by atoms with van der Waals surface area (Å²) in [4.78, 5) is 26.3. The minimum absolute atomic E-state index is 0.308. The topological polar surface area (TPSA) is 85.8 Å². The Hall–Kier alpha value is -3.33. The van der Waals surface area contributed by atoms with Crippen molar-refractivity contribution in [3.63, 3.8) is 0 Å². The van der Waals surface area contributed by atoms with Crippen molar-refractivity contribution in [1.29, 1.82) is 0 Å². The third-order valence-corrected chi connectivity index (χ3v) is 5.98. The van der Waals surface area contributed by atoms with Crippen molar-refractivity contribution in [2.75, 3.05) is 16.4 Å². The molecular weight excluding hydrogens is 393 g/mol. The lowest BCUT2D eigenvalue weighted by atomic mass is 9.90. The zero-order chi connectivity index (χ0) is 20.2. The van der Waals surface area contributed by atoms with Crippen LogP contribution in [0.1, 0.15) is 17.2 Å². The lowest BCUT2D eigenvalue weighted by Crippen LogP contribution is -2.63. The van der Waals surface area contributed by atoms with Gasteiger partial charge in [0, 0.05) is 28.3 Å². The maximum Gasteiger partial charge on any atom is 0.277 e. The standard InChI is InChI=1S/C20H16FN5O2S/c1-2-9-29-19-23-17(27)16-12-5-3-4-6-14(12)24-20(26(16)25-19)13-10-11(21)7-8-15(13)22-18(20)28/h2-8,10,16,24H,1,9H2,(H,22,28)(H,23,25,27)/t16-,20+/m0/s1. The highest BCUT2D eigenvalue weighted by Crippen LogP contribution is 2.50. The van der Waals surface area contributed by atoms with Crippen molar-refractivity contribution in [2.24, 2.45) is 5.10 Å². The van der Waals surface area contributed by atoms with E-state index in [2.05, 4.69) is 27.6 Å². The molecular formula is C20H16FN5O2S. The molecule has 3 N–H and O–H groups in total.